The fourth-order valence-corrected chi connectivity index (χ4v) is 3.31. The lowest BCUT2D eigenvalue weighted by Crippen LogP contribution is -2.52. The van der Waals surface area contributed by atoms with Crippen molar-refractivity contribution >= 4 is 0 Å². The molecular weight excluding hydrogens is 246 g/mol. The Kier molecular flexibility index (Phi) is 5.90. The van der Waals surface area contributed by atoms with Gasteiger partial charge in [0.25, 0.3) is 0 Å². The first-order valence-corrected chi connectivity index (χ1v) is 8.21. The van der Waals surface area contributed by atoms with E-state index < -0.39 is 0 Å². The van der Waals surface area contributed by atoms with E-state index in [9.17, 15) is 0 Å². The highest BCUT2D eigenvalue weighted by molar-refractivity contribution is 5.21. The van der Waals surface area contributed by atoms with Crippen molar-refractivity contribution in [1.82, 2.24) is 4.90 Å². The number of para-hydroxylation sites is 1. The van der Waals surface area contributed by atoms with Crippen molar-refractivity contribution < 1.29 is 4.74 Å². The first kappa shape index (κ1) is 15.4. The molecular formula is C18H29NO. The van der Waals surface area contributed by atoms with Crippen LogP contribution in [0.25, 0.3) is 0 Å². The first-order valence-electron chi connectivity index (χ1n) is 8.21. The van der Waals surface area contributed by atoms with E-state index in [1.54, 1.807) is 0 Å². The third-order valence-electron chi connectivity index (χ3n) is 4.41. The Labute approximate surface area is 124 Å². The summed E-state index contributed by atoms with van der Waals surface area (Å²) in [7, 11) is 0. The van der Waals surface area contributed by atoms with E-state index in [1.165, 1.54) is 32.1 Å². The third kappa shape index (κ3) is 3.99. The van der Waals surface area contributed by atoms with Crippen molar-refractivity contribution in [2.45, 2.75) is 77.6 Å². The van der Waals surface area contributed by atoms with Crippen molar-refractivity contribution in [2.24, 2.45) is 0 Å². The molecule has 0 bridgehead atoms. The van der Waals surface area contributed by atoms with Crippen LogP contribution in [0.4, 0.5) is 0 Å². The van der Waals surface area contributed by atoms with Gasteiger partial charge in [-0.3, -0.25) is 4.90 Å². The van der Waals surface area contributed by atoms with Gasteiger partial charge in [-0.1, -0.05) is 38.0 Å². The zero-order chi connectivity index (χ0) is 14.4. The van der Waals surface area contributed by atoms with Crippen LogP contribution in [-0.2, 0) is 0 Å². The summed E-state index contributed by atoms with van der Waals surface area (Å²) in [6.07, 6.45) is 7.75. The highest BCUT2D eigenvalue weighted by atomic mass is 16.5. The van der Waals surface area contributed by atoms with Gasteiger partial charge >= 0.3 is 0 Å². The lowest BCUT2D eigenvalue weighted by Gasteiger charge is -2.43. The Balaban J connectivity index is 2.09. The largest absolute Gasteiger partial charge is 0.475 e. The van der Waals surface area contributed by atoms with E-state index >= 15 is 0 Å². The van der Waals surface area contributed by atoms with Crippen molar-refractivity contribution in [3.8, 4) is 5.75 Å². The normalized spacial score (nSPS) is 25.4. The fourth-order valence-electron chi connectivity index (χ4n) is 3.31. The van der Waals surface area contributed by atoms with Crippen LogP contribution < -0.4 is 4.74 Å². The van der Waals surface area contributed by atoms with Gasteiger partial charge in [0.15, 0.2) is 6.23 Å². The summed E-state index contributed by atoms with van der Waals surface area (Å²) in [4.78, 5) is 2.60. The number of hydrogen-bond acceptors (Lipinski definition) is 2. The Morgan fingerprint density at radius 3 is 2.40 bits per heavy atom. The summed E-state index contributed by atoms with van der Waals surface area (Å²) in [5, 5.41) is 0. The lowest BCUT2D eigenvalue weighted by molar-refractivity contribution is -0.0523. The average molecular weight is 275 g/mol. The SMILES string of the molecule is CCCCC(Oc1ccccc1)N1[C@H](C)CCC[C@@H]1C. The Bertz CT molecular complexity index is 368. The number of nitrogens with zero attached hydrogens (tertiary/aromatic N) is 1. The molecule has 1 fully saturated rings. The van der Waals surface area contributed by atoms with Gasteiger partial charge in [0.1, 0.15) is 5.75 Å². The Morgan fingerprint density at radius 2 is 1.80 bits per heavy atom. The molecule has 0 spiro atoms. The van der Waals surface area contributed by atoms with Crippen molar-refractivity contribution in [2.75, 3.05) is 0 Å². The second-order valence-corrected chi connectivity index (χ2v) is 6.10. The number of likely N-dealkylation sites (tertiary alicyclic amines) is 1. The molecule has 1 saturated heterocycles. The second kappa shape index (κ2) is 7.68. The zero-order valence-corrected chi connectivity index (χ0v) is 13.2. The van der Waals surface area contributed by atoms with E-state index in [0.29, 0.717) is 12.1 Å². The highest BCUT2D eigenvalue weighted by Crippen LogP contribution is 2.28. The standard InChI is InChI=1S/C18H29NO/c1-4-5-14-18(20-17-12-7-6-8-13-17)19-15(2)10-9-11-16(19)3/h6-8,12-13,15-16,18H,4-5,9-11,14H2,1-3H3/t15-,16+,18?. The number of unbranched alkanes of at least 4 members (excludes halogenated alkanes) is 1. The van der Waals surface area contributed by atoms with E-state index in [1.807, 2.05) is 6.07 Å². The molecule has 2 rings (SSSR count). The van der Waals surface area contributed by atoms with Crippen LogP contribution in [0.1, 0.15) is 59.3 Å². The maximum absolute atomic E-state index is 6.32. The van der Waals surface area contributed by atoms with Gasteiger partial charge in [-0.2, -0.15) is 0 Å². The van der Waals surface area contributed by atoms with Crippen molar-refractivity contribution in [3.05, 3.63) is 30.3 Å². The maximum atomic E-state index is 6.32. The van der Waals surface area contributed by atoms with Gasteiger partial charge in [-0.15, -0.1) is 0 Å². The molecule has 1 unspecified atom stereocenters. The maximum Gasteiger partial charge on any atom is 0.153 e. The third-order valence-corrected chi connectivity index (χ3v) is 4.41. The van der Waals surface area contributed by atoms with Gasteiger partial charge in [0.05, 0.1) is 0 Å². The molecule has 1 heterocycles. The number of ether oxygens (including phenoxy) is 1. The molecule has 2 heteroatoms. The van der Waals surface area contributed by atoms with Gasteiger partial charge < -0.3 is 4.74 Å². The first-order chi connectivity index (χ1) is 9.72. The quantitative estimate of drug-likeness (QED) is 0.736. The molecule has 0 amide bonds. The number of hydrogen-bond donors (Lipinski definition) is 0. The Hall–Kier alpha value is -1.02. The van der Waals surface area contributed by atoms with Crippen LogP contribution in [0.2, 0.25) is 0 Å². The van der Waals surface area contributed by atoms with E-state index in [0.717, 1.165) is 12.2 Å². The summed E-state index contributed by atoms with van der Waals surface area (Å²) in [6.45, 7) is 6.95. The molecule has 0 radical (unpaired) electrons. The minimum Gasteiger partial charge on any atom is -0.475 e. The molecule has 1 aliphatic rings. The molecule has 0 saturated carbocycles. The average Bonchev–Trinajstić information content (AvgIpc) is 2.45. The Morgan fingerprint density at radius 1 is 1.15 bits per heavy atom. The smallest absolute Gasteiger partial charge is 0.153 e. The van der Waals surface area contributed by atoms with Crippen LogP contribution in [0, 0.1) is 0 Å². The molecule has 3 atom stereocenters. The van der Waals surface area contributed by atoms with E-state index in [-0.39, 0.29) is 6.23 Å². The fraction of sp³-hybridized carbons (Fsp3) is 0.667. The topological polar surface area (TPSA) is 12.5 Å². The zero-order valence-electron chi connectivity index (χ0n) is 13.2. The van der Waals surface area contributed by atoms with Crippen LogP contribution in [0.3, 0.4) is 0 Å². The van der Waals surface area contributed by atoms with Crippen LogP contribution in [-0.4, -0.2) is 23.2 Å². The lowest BCUT2D eigenvalue weighted by atomic mass is 9.96. The number of piperidine rings is 1. The molecule has 1 aromatic carbocycles. The summed E-state index contributed by atoms with van der Waals surface area (Å²) >= 11 is 0. The molecule has 20 heavy (non-hydrogen) atoms. The molecule has 0 aliphatic carbocycles. The van der Waals surface area contributed by atoms with Gasteiger partial charge in [0, 0.05) is 12.1 Å². The van der Waals surface area contributed by atoms with Gasteiger partial charge in [-0.05, 0) is 51.7 Å². The monoisotopic (exact) mass is 275 g/mol. The molecule has 0 N–H and O–H groups in total. The molecule has 0 aromatic heterocycles. The van der Waals surface area contributed by atoms with Gasteiger partial charge in [0.2, 0.25) is 0 Å². The highest BCUT2D eigenvalue weighted by Gasteiger charge is 2.31. The van der Waals surface area contributed by atoms with Gasteiger partial charge in [-0.25, -0.2) is 0 Å². The molecule has 112 valence electrons. The van der Waals surface area contributed by atoms with E-state index in [4.69, 9.17) is 4.74 Å². The number of rotatable bonds is 6. The molecule has 1 aromatic rings. The second-order valence-electron chi connectivity index (χ2n) is 6.10. The number of benzene rings is 1. The predicted octanol–water partition coefficient (Wildman–Crippen LogP) is 4.84. The van der Waals surface area contributed by atoms with Crippen molar-refractivity contribution in [1.29, 1.82) is 0 Å². The summed E-state index contributed by atoms with van der Waals surface area (Å²) in [5.74, 6) is 0.999. The minimum atomic E-state index is 0.225. The molecule has 2 nitrogen and oxygen atoms in total. The minimum absolute atomic E-state index is 0.225. The molecule has 1 aliphatic heterocycles. The van der Waals surface area contributed by atoms with Crippen LogP contribution in [0.15, 0.2) is 30.3 Å². The summed E-state index contributed by atoms with van der Waals surface area (Å²) < 4.78 is 6.32. The van der Waals surface area contributed by atoms with Crippen LogP contribution in [0.5, 0.6) is 5.75 Å². The van der Waals surface area contributed by atoms with Crippen molar-refractivity contribution in [3.63, 3.8) is 0 Å². The summed E-state index contributed by atoms with van der Waals surface area (Å²) in [5.41, 5.74) is 0. The summed E-state index contributed by atoms with van der Waals surface area (Å²) in [6, 6.07) is 11.5. The van der Waals surface area contributed by atoms with Crippen LogP contribution >= 0.6 is 0 Å². The predicted molar refractivity (Wildman–Crippen MR) is 85.0 cm³/mol. The van der Waals surface area contributed by atoms with E-state index in [2.05, 4.69) is 49.9 Å².